The largest absolute Gasteiger partial charge is 0.310 e. The highest BCUT2D eigenvalue weighted by molar-refractivity contribution is 8.01. The second-order valence-electron chi connectivity index (χ2n) is 4.44. The molecule has 0 bridgehead atoms. The third kappa shape index (κ3) is 3.80. The number of hydrogen-bond donors (Lipinski definition) is 1. The first-order valence-corrected chi connectivity index (χ1v) is 7.51. The number of nitrogens with one attached hydrogen (secondary N) is 1. The summed E-state index contributed by atoms with van der Waals surface area (Å²) in [5.74, 6) is 0. The van der Waals surface area contributed by atoms with E-state index in [4.69, 9.17) is 0 Å². The van der Waals surface area contributed by atoms with E-state index in [1.54, 1.807) is 18.1 Å². The van der Waals surface area contributed by atoms with Crippen LogP contribution in [0.1, 0.15) is 25.0 Å². The highest BCUT2D eigenvalue weighted by Gasteiger charge is 2.05. The molecular formula is C13H17N3S2. The first-order valence-electron chi connectivity index (χ1n) is 5.92. The van der Waals surface area contributed by atoms with E-state index >= 15 is 0 Å². The Morgan fingerprint density at radius 1 is 1.39 bits per heavy atom. The lowest BCUT2D eigenvalue weighted by atomic mass is 10.1. The van der Waals surface area contributed by atoms with Gasteiger partial charge < -0.3 is 5.32 Å². The van der Waals surface area contributed by atoms with Crippen LogP contribution in [0.4, 0.5) is 0 Å². The molecular weight excluding hydrogens is 262 g/mol. The van der Waals surface area contributed by atoms with Crippen LogP contribution in [0, 0.1) is 6.92 Å². The number of benzene rings is 1. The third-order valence-electron chi connectivity index (χ3n) is 2.49. The number of aromatic nitrogens is 2. The molecule has 0 aliphatic carbocycles. The highest BCUT2D eigenvalue weighted by Crippen LogP contribution is 2.31. The molecule has 1 aromatic carbocycles. The minimum atomic E-state index is 0.515. The Kier molecular flexibility index (Phi) is 4.74. The second kappa shape index (κ2) is 6.31. The zero-order valence-electron chi connectivity index (χ0n) is 10.8. The first kappa shape index (κ1) is 13.5. The molecule has 0 atom stereocenters. The van der Waals surface area contributed by atoms with Crippen LogP contribution in [0.15, 0.2) is 33.8 Å². The summed E-state index contributed by atoms with van der Waals surface area (Å²) in [6.07, 6.45) is 1.60. The lowest BCUT2D eigenvalue weighted by molar-refractivity contribution is 0.588. The Hall–Kier alpha value is -0.910. The van der Waals surface area contributed by atoms with Gasteiger partial charge in [-0.3, -0.25) is 0 Å². The van der Waals surface area contributed by atoms with Crippen molar-refractivity contribution < 1.29 is 0 Å². The predicted molar refractivity (Wildman–Crippen MR) is 77.2 cm³/mol. The van der Waals surface area contributed by atoms with E-state index in [-0.39, 0.29) is 0 Å². The minimum absolute atomic E-state index is 0.515. The molecule has 2 aromatic rings. The molecule has 0 aliphatic rings. The van der Waals surface area contributed by atoms with E-state index in [9.17, 15) is 0 Å². The zero-order chi connectivity index (χ0) is 13.0. The molecule has 0 amide bonds. The maximum absolute atomic E-state index is 4.19. The molecule has 0 aliphatic heterocycles. The zero-order valence-corrected chi connectivity index (χ0v) is 12.4. The fraction of sp³-hybridized carbons (Fsp3) is 0.385. The topological polar surface area (TPSA) is 37.8 Å². The van der Waals surface area contributed by atoms with Crippen molar-refractivity contribution >= 4 is 23.3 Å². The molecule has 1 heterocycles. The molecule has 0 unspecified atom stereocenters. The van der Waals surface area contributed by atoms with E-state index in [1.807, 2.05) is 0 Å². The van der Waals surface area contributed by atoms with E-state index < -0.39 is 0 Å². The van der Waals surface area contributed by atoms with Gasteiger partial charge in [-0.2, -0.15) is 4.37 Å². The Morgan fingerprint density at radius 3 is 2.83 bits per heavy atom. The maximum atomic E-state index is 4.19. The molecule has 0 fully saturated rings. The van der Waals surface area contributed by atoms with Crippen molar-refractivity contribution in [1.29, 1.82) is 0 Å². The van der Waals surface area contributed by atoms with Crippen LogP contribution in [0.2, 0.25) is 0 Å². The Bertz CT molecular complexity index is 495. The van der Waals surface area contributed by atoms with Gasteiger partial charge in [-0.1, -0.05) is 37.7 Å². The average molecular weight is 279 g/mol. The van der Waals surface area contributed by atoms with Gasteiger partial charge >= 0.3 is 0 Å². The molecule has 1 aromatic heterocycles. The summed E-state index contributed by atoms with van der Waals surface area (Å²) in [5, 5.41) is 3.43. The van der Waals surface area contributed by atoms with Crippen LogP contribution in [0.25, 0.3) is 0 Å². The van der Waals surface area contributed by atoms with Gasteiger partial charge in [-0.05, 0) is 35.6 Å². The van der Waals surface area contributed by atoms with E-state index in [2.05, 4.69) is 53.6 Å². The van der Waals surface area contributed by atoms with Crippen LogP contribution in [-0.4, -0.2) is 15.4 Å². The monoisotopic (exact) mass is 279 g/mol. The summed E-state index contributed by atoms with van der Waals surface area (Å²) in [4.78, 5) is 5.44. The molecule has 2 rings (SSSR count). The van der Waals surface area contributed by atoms with Gasteiger partial charge in [0.2, 0.25) is 0 Å². The maximum Gasteiger partial charge on any atom is 0.174 e. The molecule has 0 radical (unpaired) electrons. The van der Waals surface area contributed by atoms with Crippen LogP contribution >= 0.6 is 23.3 Å². The summed E-state index contributed by atoms with van der Waals surface area (Å²) in [5.41, 5.74) is 2.61. The van der Waals surface area contributed by atoms with Crippen molar-refractivity contribution in [3.8, 4) is 0 Å². The quantitative estimate of drug-likeness (QED) is 0.909. The Morgan fingerprint density at radius 2 is 2.22 bits per heavy atom. The summed E-state index contributed by atoms with van der Waals surface area (Å²) >= 11 is 3.11. The molecule has 96 valence electrons. The van der Waals surface area contributed by atoms with E-state index in [0.717, 1.165) is 10.9 Å². The van der Waals surface area contributed by atoms with Gasteiger partial charge in [-0.25, -0.2) is 4.98 Å². The van der Waals surface area contributed by atoms with Crippen LogP contribution < -0.4 is 5.32 Å². The highest BCUT2D eigenvalue weighted by atomic mass is 32.2. The predicted octanol–water partition coefficient (Wildman–Crippen LogP) is 3.50. The van der Waals surface area contributed by atoms with Crippen molar-refractivity contribution in [2.24, 2.45) is 0 Å². The van der Waals surface area contributed by atoms with Crippen LogP contribution in [0.3, 0.4) is 0 Å². The van der Waals surface area contributed by atoms with Crippen molar-refractivity contribution in [3.05, 3.63) is 35.7 Å². The first-order chi connectivity index (χ1) is 8.65. The standard InChI is InChI=1S/C13H17N3S2/c1-9(2)14-7-11-4-5-12(10(3)6-11)17-13-15-8-16-18-13/h4-6,8-9,14H,7H2,1-3H3. The summed E-state index contributed by atoms with van der Waals surface area (Å²) < 4.78 is 5.01. The summed E-state index contributed by atoms with van der Waals surface area (Å²) in [7, 11) is 0. The lowest BCUT2D eigenvalue weighted by Crippen LogP contribution is -2.21. The van der Waals surface area contributed by atoms with Crippen molar-refractivity contribution in [2.75, 3.05) is 0 Å². The smallest absolute Gasteiger partial charge is 0.174 e. The van der Waals surface area contributed by atoms with E-state index in [1.165, 1.54) is 27.6 Å². The normalized spacial score (nSPS) is 11.1. The third-order valence-corrected chi connectivity index (χ3v) is 4.39. The Balaban J connectivity index is 2.05. The lowest BCUT2D eigenvalue weighted by Gasteiger charge is -2.10. The van der Waals surface area contributed by atoms with E-state index in [0.29, 0.717) is 6.04 Å². The number of hydrogen-bond acceptors (Lipinski definition) is 5. The summed E-state index contributed by atoms with van der Waals surface area (Å²) in [6, 6.07) is 7.09. The van der Waals surface area contributed by atoms with Gasteiger partial charge in [0.05, 0.1) is 0 Å². The molecule has 1 N–H and O–H groups in total. The van der Waals surface area contributed by atoms with Crippen molar-refractivity contribution in [3.63, 3.8) is 0 Å². The van der Waals surface area contributed by atoms with Crippen LogP contribution in [0.5, 0.6) is 0 Å². The second-order valence-corrected chi connectivity index (χ2v) is 6.51. The number of aryl methyl sites for hydroxylation is 1. The minimum Gasteiger partial charge on any atom is -0.310 e. The molecule has 0 spiro atoms. The SMILES string of the molecule is Cc1cc(CNC(C)C)ccc1Sc1ncns1. The fourth-order valence-corrected chi connectivity index (χ4v) is 3.03. The Labute approximate surface area is 116 Å². The average Bonchev–Trinajstić information content (AvgIpc) is 2.82. The molecule has 3 nitrogen and oxygen atoms in total. The molecule has 0 saturated carbocycles. The summed E-state index contributed by atoms with van der Waals surface area (Å²) in [6.45, 7) is 7.38. The fourth-order valence-electron chi connectivity index (χ4n) is 1.56. The van der Waals surface area contributed by atoms with Gasteiger partial charge in [0.15, 0.2) is 4.34 Å². The molecule has 18 heavy (non-hydrogen) atoms. The van der Waals surface area contributed by atoms with Gasteiger partial charge in [0, 0.05) is 17.5 Å². The molecule has 5 heteroatoms. The van der Waals surface area contributed by atoms with Gasteiger partial charge in [-0.15, -0.1) is 0 Å². The van der Waals surface area contributed by atoms with Crippen molar-refractivity contribution in [1.82, 2.24) is 14.7 Å². The van der Waals surface area contributed by atoms with Crippen molar-refractivity contribution in [2.45, 2.75) is 42.6 Å². The van der Waals surface area contributed by atoms with Gasteiger partial charge in [0.1, 0.15) is 6.33 Å². The van der Waals surface area contributed by atoms with Gasteiger partial charge in [0.25, 0.3) is 0 Å². The number of nitrogens with zero attached hydrogens (tertiary/aromatic N) is 2. The molecule has 0 saturated heterocycles. The van der Waals surface area contributed by atoms with Crippen LogP contribution in [-0.2, 0) is 6.54 Å². The number of rotatable bonds is 5.